The maximum Gasteiger partial charge on any atom is 0.248 e. The van der Waals surface area contributed by atoms with Crippen LogP contribution in [0, 0.1) is 0 Å². The van der Waals surface area contributed by atoms with Crippen molar-refractivity contribution in [3.05, 3.63) is 46.8 Å². The molecule has 17 heavy (non-hydrogen) atoms. The molecule has 1 aromatic carbocycles. The molecule has 0 bridgehead atoms. The summed E-state index contributed by atoms with van der Waals surface area (Å²) >= 11 is 8.22. The van der Waals surface area contributed by atoms with Crippen molar-refractivity contribution in [2.75, 3.05) is 0 Å². The summed E-state index contributed by atoms with van der Waals surface area (Å²) in [7, 11) is 0. The molecule has 0 saturated heterocycles. The van der Waals surface area contributed by atoms with E-state index in [0.29, 0.717) is 17.3 Å². The number of ether oxygens (including phenoxy) is 1. The highest BCUT2D eigenvalue weighted by molar-refractivity contribution is 9.10. The van der Waals surface area contributed by atoms with E-state index in [-0.39, 0.29) is 4.99 Å². The molecule has 0 saturated carbocycles. The summed E-state index contributed by atoms with van der Waals surface area (Å²) in [4.78, 5) is 8.24. The summed E-state index contributed by atoms with van der Waals surface area (Å²) in [6.07, 6.45) is 3.04. The summed E-state index contributed by atoms with van der Waals surface area (Å²) in [5, 5.41) is 0. The Balaban J connectivity index is 2.30. The van der Waals surface area contributed by atoms with Crippen molar-refractivity contribution in [1.29, 1.82) is 0 Å². The largest absolute Gasteiger partial charge is 0.437 e. The minimum Gasteiger partial charge on any atom is -0.437 e. The molecule has 0 unspecified atom stereocenters. The van der Waals surface area contributed by atoms with E-state index in [1.165, 1.54) is 12.4 Å². The predicted molar refractivity (Wildman–Crippen MR) is 72.1 cm³/mol. The van der Waals surface area contributed by atoms with Gasteiger partial charge in [0.1, 0.15) is 10.7 Å². The van der Waals surface area contributed by atoms with Crippen molar-refractivity contribution in [1.82, 2.24) is 9.97 Å². The summed E-state index contributed by atoms with van der Waals surface area (Å²) in [5.41, 5.74) is 5.91. The number of aromatic nitrogens is 2. The first-order valence-corrected chi connectivity index (χ1v) is 5.91. The maximum atomic E-state index is 5.56. The summed E-state index contributed by atoms with van der Waals surface area (Å²) in [6.45, 7) is 0. The van der Waals surface area contributed by atoms with Crippen LogP contribution in [-0.2, 0) is 0 Å². The van der Waals surface area contributed by atoms with Crippen LogP contribution in [0.3, 0.4) is 0 Å². The summed E-state index contributed by atoms with van der Waals surface area (Å²) < 4.78 is 6.53. The Labute approximate surface area is 112 Å². The van der Waals surface area contributed by atoms with Crippen LogP contribution in [0.15, 0.2) is 41.1 Å². The highest BCUT2D eigenvalue weighted by atomic mass is 79.9. The molecule has 2 N–H and O–H groups in total. The molecule has 2 rings (SSSR count). The standard InChI is InChI=1S/C11H8BrN3OS/c12-7-1-3-8(4-2-7)16-11-9(10(13)17)14-5-6-15-11/h1-6H,(H2,13,17). The number of nitrogens with two attached hydrogens (primary N) is 1. The Kier molecular flexibility index (Phi) is 3.65. The first-order valence-electron chi connectivity index (χ1n) is 4.71. The third-order valence-corrected chi connectivity index (χ3v) is 2.65. The van der Waals surface area contributed by atoms with Gasteiger partial charge in [0.25, 0.3) is 0 Å². The first-order chi connectivity index (χ1) is 8.16. The zero-order valence-corrected chi connectivity index (χ0v) is 11.0. The van der Waals surface area contributed by atoms with E-state index < -0.39 is 0 Å². The molecule has 0 aliphatic heterocycles. The first kappa shape index (κ1) is 11.9. The Hall–Kier alpha value is -1.53. The lowest BCUT2D eigenvalue weighted by Gasteiger charge is -2.07. The molecule has 0 radical (unpaired) electrons. The molecule has 0 atom stereocenters. The van der Waals surface area contributed by atoms with E-state index >= 15 is 0 Å². The average Bonchev–Trinajstić information content (AvgIpc) is 2.32. The zero-order chi connectivity index (χ0) is 12.3. The summed E-state index contributed by atoms with van der Waals surface area (Å²) in [6, 6.07) is 7.35. The summed E-state index contributed by atoms with van der Waals surface area (Å²) in [5.74, 6) is 0.952. The van der Waals surface area contributed by atoms with Gasteiger partial charge in [-0.25, -0.2) is 9.97 Å². The monoisotopic (exact) mass is 309 g/mol. The smallest absolute Gasteiger partial charge is 0.248 e. The van der Waals surface area contributed by atoms with E-state index in [0.717, 1.165) is 4.47 Å². The molecule has 0 aliphatic carbocycles. The fourth-order valence-corrected chi connectivity index (χ4v) is 1.59. The number of thiocarbonyl (C=S) groups is 1. The molecule has 1 heterocycles. The molecule has 0 fully saturated rings. The van der Waals surface area contributed by atoms with E-state index in [4.69, 9.17) is 22.7 Å². The van der Waals surface area contributed by atoms with E-state index in [1.54, 1.807) is 0 Å². The number of hydrogen-bond donors (Lipinski definition) is 1. The quantitative estimate of drug-likeness (QED) is 0.883. The average molecular weight is 310 g/mol. The molecular weight excluding hydrogens is 302 g/mol. The molecule has 1 aromatic heterocycles. The van der Waals surface area contributed by atoms with Crippen LogP contribution in [-0.4, -0.2) is 15.0 Å². The number of hydrogen-bond acceptors (Lipinski definition) is 4. The maximum absolute atomic E-state index is 5.56. The lowest BCUT2D eigenvalue weighted by Crippen LogP contribution is -2.13. The van der Waals surface area contributed by atoms with E-state index in [1.807, 2.05) is 24.3 Å². The number of nitrogens with zero attached hydrogens (tertiary/aromatic N) is 2. The van der Waals surface area contributed by atoms with Gasteiger partial charge in [0.05, 0.1) is 0 Å². The van der Waals surface area contributed by atoms with Gasteiger partial charge in [-0.15, -0.1) is 0 Å². The van der Waals surface area contributed by atoms with Crippen molar-refractivity contribution < 1.29 is 4.74 Å². The van der Waals surface area contributed by atoms with Gasteiger partial charge in [-0.2, -0.15) is 0 Å². The minimum atomic E-state index is 0.158. The fourth-order valence-electron chi connectivity index (χ4n) is 1.18. The highest BCUT2D eigenvalue weighted by Gasteiger charge is 2.09. The molecule has 86 valence electrons. The third kappa shape index (κ3) is 2.98. The molecule has 6 heteroatoms. The lowest BCUT2D eigenvalue weighted by molar-refractivity contribution is 0.459. The van der Waals surface area contributed by atoms with Crippen LogP contribution in [0.5, 0.6) is 11.6 Å². The van der Waals surface area contributed by atoms with Gasteiger partial charge < -0.3 is 10.5 Å². The molecule has 2 aromatic rings. The van der Waals surface area contributed by atoms with E-state index in [9.17, 15) is 0 Å². The van der Waals surface area contributed by atoms with E-state index in [2.05, 4.69) is 25.9 Å². The highest BCUT2D eigenvalue weighted by Crippen LogP contribution is 2.23. The molecular formula is C11H8BrN3OS. The van der Waals surface area contributed by atoms with Gasteiger partial charge in [-0.1, -0.05) is 28.1 Å². The minimum absolute atomic E-state index is 0.158. The van der Waals surface area contributed by atoms with Crippen LogP contribution in [0.2, 0.25) is 0 Å². The van der Waals surface area contributed by atoms with Crippen molar-refractivity contribution in [2.45, 2.75) is 0 Å². The Bertz CT molecular complexity index is 545. The number of halogens is 1. The van der Waals surface area contributed by atoms with Crippen LogP contribution < -0.4 is 10.5 Å². The Morgan fingerprint density at radius 2 is 1.82 bits per heavy atom. The second kappa shape index (κ2) is 5.20. The van der Waals surface area contributed by atoms with Crippen LogP contribution in [0.4, 0.5) is 0 Å². The zero-order valence-electron chi connectivity index (χ0n) is 8.63. The van der Waals surface area contributed by atoms with Gasteiger partial charge in [0, 0.05) is 16.9 Å². The topological polar surface area (TPSA) is 61.0 Å². The SMILES string of the molecule is NC(=S)c1nccnc1Oc1ccc(Br)cc1. The number of benzene rings is 1. The molecule has 0 amide bonds. The predicted octanol–water partition coefficient (Wildman–Crippen LogP) is 2.67. The van der Waals surface area contributed by atoms with Gasteiger partial charge in [0.2, 0.25) is 5.88 Å². The van der Waals surface area contributed by atoms with Gasteiger partial charge in [-0.05, 0) is 24.3 Å². The third-order valence-electron chi connectivity index (χ3n) is 1.93. The molecule has 4 nitrogen and oxygen atoms in total. The van der Waals surface area contributed by atoms with Gasteiger partial charge in [0.15, 0.2) is 5.69 Å². The Morgan fingerprint density at radius 3 is 2.47 bits per heavy atom. The van der Waals surface area contributed by atoms with Crippen LogP contribution in [0.1, 0.15) is 5.69 Å². The van der Waals surface area contributed by atoms with Crippen LogP contribution in [0.25, 0.3) is 0 Å². The lowest BCUT2D eigenvalue weighted by atomic mass is 10.3. The van der Waals surface area contributed by atoms with Crippen molar-refractivity contribution in [3.8, 4) is 11.6 Å². The van der Waals surface area contributed by atoms with Crippen molar-refractivity contribution in [2.24, 2.45) is 5.73 Å². The molecule has 0 aliphatic rings. The second-order valence-electron chi connectivity index (χ2n) is 3.13. The second-order valence-corrected chi connectivity index (χ2v) is 4.49. The normalized spacial score (nSPS) is 9.94. The van der Waals surface area contributed by atoms with Crippen molar-refractivity contribution in [3.63, 3.8) is 0 Å². The fraction of sp³-hybridized carbons (Fsp3) is 0. The number of rotatable bonds is 3. The molecule has 0 spiro atoms. The van der Waals surface area contributed by atoms with Crippen molar-refractivity contribution >= 4 is 33.1 Å². The van der Waals surface area contributed by atoms with Gasteiger partial charge in [-0.3, -0.25) is 0 Å². The van der Waals surface area contributed by atoms with Crippen LogP contribution >= 0.6 is 28.1 Å². The van der Waals surface area contributed by atoms with Gasteiger partial charge >= 0.3 is 0 Å². The Morgan fingerprint density at radius 1 is 1.18 bits per heavy atom.